The number of fused-ring (bicyclic) bond motifs is 1. The first-order chi connectivity index (χ1) is 11.4. The molecule has 2 aromatic carbocycles. The van der Waals surface area contributed by atoms with E-state index < -0.39 is 11.7 Å². The summed E-state index contributed by atoms with van der Waals surface area (Å²) in [5, 5.41) is 1.62. The lowest BCUT2D eigenvalue weighted by Crippen LogP contribution is -2.23. The van der Waals surface area contributed by atoms with Gasteiger partial charge >= 0.3 is 0 Å². The molecule has 1 aromatic heterocycles. The van der Waals surface area contributed by atoms with Crippen LogP contribution in [0.25, 0.3) is 10.9 Å². The van der Waals surface area contributed by atoms with Crippen LogP contribution in [0, 0.1) is 13.0 Å². The number of hydrogen-bond donors (Lipinski definition) is 1. The number of hydrogen-bond acceptors (Lipinski definition) is 2. The van der Waals surface area contributed by atoms with Crippen molar-refractivity contribution in [2.75, 3.05) is 0 Å². The molecule has 24 heavy (non-hydrogen) atoms. The second kappa shape index (κ2) is 6.30. The Hall–Kier alpha value is -2.30. The molecule has 1 amide bonds. The van der Waals surface area contributed by atoms with E-state index >= 15 is 0 Å². The number of benzene rings is 2. The zero-order chi connectivity index (χ0) is 17.4. The molecule has 2 N–H and O–H groups in total. The fraction of sp³-hybridized carbons (Fsp3) is 0.111. The predicted octanol–water partition coefficient (Wildman–Crippen LogP) is 3.77. The van der Waals surface area contributed by atoms with E-state index in [0.29, 0.717) is 27.7 Å². The van der Waals surface area contributed by atoms with Gasteiger partial charge in [-0.2, -0.15) is 0 Å². The van der Waals surface area contributed by atoms with Gasteiger partial charge in [0.05, 0.1) is 12.1 Å². The fourth-order valence-electron chi connectivity index (χ4n) is 2.80. The van der Waals surface area contributed by atoms with E-state index in [4.69, 9.17) is 28.9 Å². The molecule has 0 saturated heterocycles. The Morgan fingerprint density at radius 3 is 2.46 bits per heavy atom. The molecule has 3 aromatic rings. The number of Topliss-reactive ketones (excluding diaryl/α,β-unsaturated/α-hetero) is 1. The smallest absolute Gasteiger partial charge is 0.289 e. The highest BCUT2D eigenvalue weighted by molar-refractivity contribution is 6.44. The van der Waals surface area contributed by atoms with Crippen molar-refractivity contribution in [3.8, 4) is 0 Å². The lowest BCUT2D eigenvalue weighted by molar-refractivity contribution is -0.114. The highest BCUT2D eigenvalue weighted by Gasteiger charge is 2.23. The van der Waals surface area contributed by atoms with Crippen LogP contribution in [0.15, 0.2) is 36.4 Å². The van der Waals surface area contributed by atoms with Gasteiger partial charge in [0, 0.05) is 32.2 Å². The van der Waals surface area contributed by atoms with Crippen LogP contribution in [0.2, 0.25) is 10.0 Å². The fourth-order valence-corrected chi connectivity index (χ4v) is 3.31. The molecular formula is C18H13Cl2N2O2. The first-order valence-corrected chi connectivity index (χ1v) is 7.94. The van der Waals surface area contributed by atoms with E-state index in [0.717, 1.165) is 11.1 Å². The molecule has 0 saturated carbocycles. The van der Waals surface area contributed by atoms with Crippen molar-refractivity contribution in [3.05, 3.63) is 69.3 Å². The summed E-state index contributed by atoms with van der Waals surface area (Å²) >= 11 is 12.5. The van der Waals surface area contributed by atoms with Gasteiger partial charge in [-0.3, -0.25) is 9.59 Å². The van der Waals surface area contributed by atoms with E-state index in [1.807, 2.05) is 16.7 Å². The average Bonchev–Trinajstić information content (AvgIpc) is 2.82. The van der Waals surface area contributed by atoms with Crippen LogP contribution in [0.1, 0.15) is 21.6 Å². The largest absolute Gasteiger partial charge is 0.363 e. The molecule has 1 radical (unpaired) electrons. The summed E-state index contributed by atoms with van der Waals surface area (Å²) in [5.74, 6) is -1.73. The molecule has 0 bridgehead atoms. The van der Waals surface area contributed by atoms with Crippen molar-refractivity contribution < 1.29 is 9.59 Å². The number of halogens is 2. The van der Waals surface area contributed by atoms with Gasteiger partial charge in [0.15, 0.2) is 0 Å². The molecule has 1 heterocycles. The first-order valence-electron chi connectivity index (χ1n) is 7.18. The van der Waals surface area contributed by atoms with Crippen molar-refractivity contribution in [1.82, 2.24) is 4.57 Å². The summed E-state index contributed by atoms with van der Waals surface area (Å²) in [6, 6.07) is 13.6. The summed E-state index contributed by atoms with van der Waals surface area (Å²) in [6.45, 7) is 2.12. The minimum Gasteiger partial charge on any atom is -0.363 e. The zero-order valence-electron chi connectivity index (χ0n) is 12.8. The molecule has 0 fully saturated rings. The minimum atomic E-state index is -0.995. The monoisotopic (exact) mass is 359 g/mol. The van der Waals surface area contributed by atoms with Gasteiger partial charge in [-0.1, -0.05) is 41.4 Å². The van der Waals surface area contributed by atoms with Crippen LogP contribution in [-0.2, 0) is 11.3 Å². The number of primary amides is 1. The molecule has 0 spiro atoms. The lowest BCUT2D eigenvalue weighted by Gasteiger charge is -2.12. The Bertz CT molecular complexity index is 956. The van der Waals surface area contributed by atoms with Crippen LogP contribution >= 0.6 is 23.2 Å². The van der Waals surface area contributed by atoms with E-state index in [9.17, 15) is 9.59 Å². The third kappa shape index (κ3) is 2.68. The Morgan fingerprint density at radius 2 is 1.83 bits per heavy atom. The Kier molecular flexibility index (Phi) is 4.35. The van der Waals surface area contributed by atoms with Crippen molar-refractivity contribution in [2.45, 2.75) is 13.5 Å². The molecule has 0 aliphatic heterocycles. The Morgan fingerprint density at radius 1 is 1.17 bits per heavy atom. The van der Waals surface area contributed by atoms with E-state index in [1.165, 1.54) is 0 Å². The van der Waals surface area contributed by atoms with Crippen molar-refractivity contribution in [2.24, 2.45) is 5.73 Å². The minimum absolute atomic E-state index is 0.265. The van der Waals surface area contributed by atoms with E-state index in [2.05, 4.69) is 6.07 Å². The summed E-state index contributed by atoms with van der Waals surface area (Å²) < 4.78 is 1.88. The van der Waals surface area contributed by atoms with Crippen molar-refractivity contribution in [3.63, 3.8) is 0 Å². The molecular weight excluding hydrogens is 347 g/mol. The second-order valence-corrected chi connectivity index (χ2v) is 6.18. The van der Waals surface area contributed by atoms with Gasteiger partial charge in [0.1, 0.15) is 0 Å². The van der Waals surface area contributed by atoms with Crippen LogP contribution in [0.3, 0.4) is 0 Å². The van der Waals surface area contributed by atoms with Crippen molar-refractivity contribution >= 4 is 45.8 Å². The van der Waals surface area contributed by atoms with E-state index in [1.54, 1.807) is 31.2 Å². The topological polar surface area (TPSA) is 65.1 Å². The van der Waals surface area contributed by atoms with Gasteiger partial charge in [0.25, 0.3) is 11.7 Å². The molecule has 0 unspecified atom stereocenters. The van der Waals surface area contributed by atoms with Crippen molar-refractivity contribution in [1.29, 1.82) is 0 Å². The summed E-state index contributed by atoms with van der Waals surface area (Å²) in [6.07, 6.45) is 0. The molecule has 0 atom stereocenters. The normalized spacial score (nSPS) is 11.0. The van der Waals surface area contributed by atoms with E-state index in [-0.39, 0.29) is 5.56 Å². The standard InChI is InChI=1S/C18H13Cl2N2O2/c1-10-16(17(23)18(21)24)11-5-2-3-8-15(11)22(10)9-12-13(19)6-4-7-14(12)20/h2-4,6-8H,9H2,1H3,(H2,21,24). The average molecular weight is 360 g/mol. The Balaban J connectivity index is 2.24. The van der Waals surface area contributed by atoms with Gasteiger partial charge in [-0.25, -0.2) is 0 Å². The highest BCUT2D eigenvalue weighted by atomic mass is 35.5. The molecule has 4 nitrogen and oxygen atoms in total. The lowest BCUT2D eigenvalue weighted by atomic mass is 10.1. The second-order valence-electron chi connectivity index (χ2n) is 5.37. The van der Waals surface area contributed by atoms with Crippen LogP contribution < -0.4 is 5.73 Å². The number of carbonyl (C=O) groups is 2. The predicted molar refractivity (Wildman–Crippen MR) is 94.6 cm³/mol. The third-order valence-corrected chi connectivity index (χ3v) is 4.68. The maximum absolute atomic E-state index is 12.2. The van der Waals surface area contributed by atoms with Crippen LogP contribution in [0.5, 0.6) is 0 Å². The maximum atomic E-state index is 12.2. The number of nitrogens with zero attached hydrogens (tertiary/aromatic N) is 1. The number of ketones is 1. The Labute approximate surface area is 148 Å². The zero-order valence-corrected chi connectivity index (χ0v) is 14.3. The summed E-state index contributed by atoms with van der Waals surface area (Å²) in [5.41, 5.74) is 7.57. The number of rotatable bonds is 4. The molecule has 0 aliphatic carbocycles. The maximum Gasteiger partial charge on any atom is 0.289 e. The van der Waals surface area contributed by atoms with Gasteiger partial charge in [0.2, 0.25) is 0 Å². The first kappa shape index (κ1) is 16.6. The molecule has 3 rings (SSSR count). The SMILES string of the molecule is Cc1c(C(=O)C(N)=O)c2[c]cccc2n1Cc1c(Cl)cccc1Cl. The number of carbonyl (C=O) groups excluding carboxylic acids is 2. The number of amides is 1. The molecule has 121 valence electrons. The number of aromatic nitrogens is 1. The van der Waals surface area contributed by atoms with Gasteiger partial charge < -0.3 is 10.3 Å². The van der Waals surface area contributed by atoms with Gasteiger partial charge in [-0.15, -0.1) is 0 Å². The van der Waals surface area contributed by atoms with Gasteiger partial charge in [-0.05, 0) is 31.2 Å². The molecule has 0 aliphatic rings. The molecule has 6 heteroatoms. The summed E-state index contributed by atoms with van der Waals surface area (Å²) in [7, 11) is 0. The summed E-state index contributed by atoms with van der Waals surface area (Å²) in [4.78, 5) is 23.6. The van der Waals surface area contributed by atoms with Crippen LogP contribution in [0.4, 0.5) is 0 Å². The van der Waals surface area contributed by atoms with Crippen LogP contribution in [-0.4, -0.2) is 16.3 Å². The third-order valence-electron chi connectivity index (χ3n) is 3.97. The highest BCUT2D eigenvalue weighted by Crippen LogP contribution is 2.30. The number of nitrogens with two attached hydrogens (primary N) is 1. The quantitative estimate of drug-likeness (QED) is 0.569.